The third-order valence-corrected chi connectivity index (χ3v) is 2.40. The molecule has 2 aromatic rings. The van der Waals surface area contributed by atoms with Crippen LogP contribution in [0.25, 0.3) is 0 Å². The number of thiocarbonyl (C=S) groups is 1. The van der Waals surface area contributed by atoms with Gasteiger partial charge in [-0.25, -0.2) is 15.0 Å². The van der Waals surface area contributed by atoms with E-state index in [1.807, 2.05) is 13.0 Å². The Bertz CT molecular complexity index is 573. The van der Waals surface area contributed by atoms with Gasteiger partial charge < -0.3 is 15.8 Å². The maximum absolute atomic E-state index is 5.51. The van der Waals surface area contributed by atoms with Gasteiger partial charge in [0.05, 0.1) is 18.5 Å². The minimum absolute atomic E-state index is 0.232. The van der Waals surface area contributed by atoms with Crippen LogP contribution >= 0.6 is 12.2 Å². The number of nitrogens with two attached hydrogens (primary N) is 1. The normalized spacial score (nSPS) is 9.95. The SMILES string of the molecule is CCOc1ccc(Nc2nccc(C(N)=S)n2)cn1. The van der Waals surface area contributed by atoms with Crippen molar-refractivity contribution in [3.8, 4) is 5.88 Å². The minimum Gasteiger partial charge on any atom is -0.478 e. The highest BCUT2D eigenvalue weighted by molar-refractivity contribution is 7.80. The first-order valence-electron chi connectivity index (χ1n) is 5.67. The summed E-state index contributed by atoms with van der Waals surface area (Å²) in [6, 6.07) is 5.25. The van der Waals surface area contributed by atoms with Crippen molar-refractivity contribution in [3.05, 3.63) is 36.3 Å². The molecule has 2 aromatic heterocycles. The molecule has 0 fully saturated rings. The number of nitrogens with zero attached hydrogens (tertiary/aromatic N) is 3. The van der Waals surface area contributed by atoms with Gasteiger partial charge in [0.1, 0.15) is 10.7 Å². The Hall–Kier alpha value is -2.28. The van der Waals surface area contributed by atoms with Crippen molar-refractivity contribution in [2.24, 2.45) is 5.73 Å². The zero-order valence-corrected chi connectivity index (χ0v) is 11.1. The molecule has 0 aliphatic heterocycles. The standard InChI is InChI=1S/C12H13N5OS/c1-2-18-10-4-3-8(7-15-10)16-12-14-6-5-9(17-12)11(13)19/h3-7H,2H2,1H3,(H2,13,19)(H,14,16,17). The Balaban J connectivity index is 2.12. The van der Waals surface area contributed by atoms with Crippen molar-refractivity contribution in [1.29, 1.82) is 0 Å². The second kappa shape index (κ2) is 6.05. The summed E-state index contributed by atoms with van der Waals surface area (Å²) in [5.74, 6) is 0.988. The maximum atomic E-state index is 5.51. The fourth-order valence-corrected chi connectivity index (χ4v) is 1.49. The lowest BCUT2D eigenvalue weighted by molar-refractivity contribution is 0.327. The second-order valence-corrected chi connectivity index (χ2v) is 4.01. The van der Waals surface area contributed by atoms with Crippen LogP contribution in [0.5, 0.6) is 5.88 Å². The highest BCUT2D eigenvalue weighted by Gasteiger charge is 2.02. The van der Waals surface area contributed by atoms with E-state index in [0.29, 0.717) is 24.1 Å². The zero-order chi connectivity index (χ0) is 13.7. The van der Waals surface area contributed by atoms with Crippen molar-refractivity contribution < 1.29 is 4.74 Å². The van der Waals surface area contributed by atoms with Gasteiger partial charge in [0, 0.05) is 12.3 Å². The van der Waals surface area contributed by atoms with Crippen LogP contribution in [0.1, 0.15) is 12.6 Å². The van der Waals surface area contributed by atoms with E-state index < -0.39 is 0 Å². The molecular formula is C12H13N5OS. The molecule has 0 aromatic carbocycles. The smallest absolute Gasteiger partial charge is 0.227 e. The van der Waals surface area contributed by atoms with Crippen LogP contribution in [0.2, 0.25) is 0 Å². The minimum atomic E-state index is 0.232. The number of anilines is 2. The molecule has 0 bridgehead atoms. The molecule has 19 heavy (non-hydrogen) atoms. The zero-order valence-electron chi connectivity index (χ0n) is 10.3. The first-order chi connectivity index (χ1) is 9.19. The fraction of sp³-hybridized carbons (Fsp3) is 0.167. The molecule has 0 saturated heterocycles. The van der Waals surface area contributed by atoms with Crippen LogP contribution in [0.4, 0.5) is 11.6 Å². The molecule has 0 unspecified atom stereocenters. The van der Waals surface area contributed by atoms with Crippen molar-refractivity contribution in [2.75, 3.05) is 11.9 Å². The average Bonchev–Trinajstić information content (AvgIpc) is 2.42. The topological polar surface area (TPSA) is 86.0 Å². The lowest BCUT2D eigenvalue weighted by Gasteiger charge is -2.06. The Morgan fingerprint density at radius 2 is 2.21 bits per heavy atom. The number of hydrogen-bond donors (Lipinski definition) is 2. The summed E-state index contributed by atoms with van der Waals surface area (Å²) in [5.41, 5.74) is 6.79. The molecule has 0 aliphatic rings. The third-order valence-electron chi connectivity index (χ3n) is 2.19. The van der Waals surface area contributed by atoms with Gasteiger partial charge in [-0.3, -0.25) is 0 Å². The Morgan fingerprint density at radius 1 is 1.37 bits per heavy atom. The number of aromatic nitrogens is 3. The second-order valence-electron chi connectivity index (χ2n) is 3.57. The maximum Gasteiger partial charge on any atom is 0.227 e. The van der Waals surface area contributed by atoms with Crippen molar-refractivity contribution in [3.63, 3.8) is 0 Å². The molecular weight excluding hydrogens is 262 g/mol. The van der Waals surface area contributed by atoms with E-state index in [0.717, 1.165) is 5.69 Å². The quantitative estimate of drug-likeness (QED) is 0.802. The number of hydrogen-bond acceptors (Lipinski definition) is 6. The molecule has 0 saturated carbocycles. The predicted molar refractivity (Wildman–Crippen MR) is 76.6 cm³/mol. The van der Waals surface area contributed by atoms with Gasteiger partial charge in [-0.1, -0.05) is 12.2 Å². The van der Waals surface area contributed by atoms with Crippen LogP contribution in [0.15, 0.2) is 30.6 Å². The van der Waals surface area contributed by atoms with Gasteiger partial charge in [-0.05, 0) is 19.1 Å². The lowest BCUT2D eigenvalue weighted by Crippen LogP contribution is -2.12. The van der Waals surface area contributed by atoms with Crippen LogP contribution in [-0.2, 0) is 0 Å². The van der Waals surface area contributed by atoms with Gasteiger partial charge in [-0.15, -0.1) is 0 Å². The Kier molecular flexibility index (Phi) is 4.19. The van der Waals surface area contributed by atoms with Crippen LogP contribution in [0, 0.1) is 0 Å². The van der Waals surface area contributed by atoms with E-state index in [1.165, 1.54) is 0 Å². The van der Waals surface area contributed by atoms with E-state index in [2.05, 4.69) is 20.3 Å². The highest BCUT2D eigenvalue weighted by atomic mass is 32.1. The summed E-state index contributed by atoms with van der Waals surface area (Å²) in [4.78, 5) is 12.6. The van der Waals surface area contributed by atoms with Crippen LogP contribution < -0.4 is 15.8 Å². The molecule has 0 aliphatic carbocycles. The summed E-state index contributed by atoms with van der Waals surface area (Å²) < 4.78 is 5.26. The summed E-state index contributed by atoms with van der Waals surface area (Å²) in [6.07, 6.45) is 3.23. The van der Waals surface area contributed by atoms with E-state index >= 15 is 0 Å². The van der Waals surface area contributed by atoms with Crippen molar-refractivity contribution in [2.45, 2.75) is 6.92 Å². The van der Waals surface area contributed by atoms with Gasteiger partial charge >= 0.3 is 0 Å². The molecule has 0 spiro atoms. The summed E-state index contributed by atoms with van der Waals surface area (Å²) >= 11 is 4.86. The Morgan fingerprint density at radius 3 is 2.84 bits per heavy atom. The number of pyridine rings is 1. The third kappa shape index (κ3) is 3.59. The van der Waals surface area contributed by atoms with Gasteiger partial charge in [0.2, 0.25) is 11.8 Å². The van der Waals surface area contributed by atoms with E-state index in [-0.39, 0.29) is 4.99 Å². The molecule has 7 heteroatoms. The monoisotopic (exact) mass is 275 g/mol. The summed E-state index contributed by atoms with van der Waals surface area (Å²) in [5, 5.41) is 3.01. The molecule has 3 N–H and O–H groups in total. The van der Waals surface area contributed by atoms with E-state index in [1.54, 1.807) is 24.5 Å². The van der Waals surface area contributed by atoms with Crippen LogP contribution in [-0.4, -0.2) is 26.5 Å². The molecule has 2 heterocycles. The molecule has 2 rings (SSSR count). The molecule has 0 amide bonds. The summed E-state index contributed by atoms with van der Waals surface area (Å²) in [6.45, 7) is 2.49. The van der Waals surface area contributed by atoms with Gasteiger partial charge in [-0.2, -0.15) is 0 Å². The van der Waals surface area contributed by atoms with Gasteiger partial charge in [0.25, 0.3) is 0 Å². The number of nitrogens with one attached hydrogen (secondary N) is 1. The number of ether oxygens (including phenoxy) is 1. The van der Waals surface area contributed by atoms with E-state index in [9.17, 15) is 0 Å². The molecule has 98 valence electrons. The first-order valence-corrected chi connectivity index (χ1v) is 6.08. The van der Waals surface area contributed by atoms with Crippen LogP contribution in [0.3, 0.4) is 0 Å². The number of rotatable bonds is 5. The van der Waals surface area contributed by atoms with Gasteiger partial charge in [0.15, 0.2) is 0 Å². The predicted octanol–water partition coefficient (Wildman–Crippen LogP) is 1.65. The van der Waals surface area contributed by atoms with Crippen molar-refractivity contribution in [1.82, 2.24) is 15.0 Å². The average molecular weight is 275 g/mol. The fourth-order valence-electron chi connectivity index (χ4n) is 1.37. The first kappa shape index (κ1) is 13.2. The highest BCUT2D eigenvalue weighted by Crippen LogP contribution is 2.15. The van der Waals surface area contributed by atoms with Crippen molar-refractivity contribution >= 4 is 28.8 Å². The molecule has 0 radical (unpaired) electrons. The largest absolute Gasteiger partial charge is 0.478 e. The van der Waals surface area contributed by atoms with E-state index in [4.69, 9.17) is 22.7 Å². The lowest BCUT2D eigenvalue weighted by atomic mass is 10.4. The molecule has 0 atom stereocenters. The Labute approximate surface area is 116 Å². The summed E-state index contributed by atoms with van der Waals surface area (Å²) in [7, 11) is 0. The molecule has 6 nitrogen and oxygen atoms in total.